The Morgan fingerprint density at radius 3 is 2.59 bits per heavy atom. The molecule has 1 aromatic rings. The van der Waals surface area contributed by atoms with Crippen molar-refractivity contribution in [3.05, 3.63) is 35.4 Å². The van der Waals surface area contributed by atoms with Crippen molar-refractivity contribution in [1.29, 1.82) is 0 Å². The maximum atomic E-state index is 11.4. The lowest BCUT2D eigenvalue weighted by molar-refractivity contribution is -0.121. The Bertz CT molecular complexity index is 389. The molecule has 1 rings (SSSR count). The van der Waals surface area contributed by atoms with Gasteiger partial charge in [-0.3, -0.25) is 9.00 Å². The molecule has 0 saturated carbocycles. The topological polar surface area (TPSA) is 69.2 Å². The number of nitrogens with one attached hydrogen (secondary N) is 1. The maximum Gasteiger partial charge on any atom is 0.220 e. The molecule has 1 aromatic carbocycles. The van der Waals surface area contributed by atoms with E-state index in [0.29, 0.717) is 13.0 Å². The molecule has 0 aromatic heterocycles. The lowest BCUT2D eigenvalue weighted by Crippen LogP contribution is -2.22. The first-order valence-corrected chi connectivity index (χ1v) is 6.70. The standard InChI is InChI=1S/C12H17NO3S/c1-10-4-6-11(7-5-10)9-13-12(14)3-2-8-17(15)16/h4-7H,2-3,8-9H2,1H3,(H,13,14)(H,15,16)/p-1. The molecule has 0 fully saturated rings. The van der Waals surface area contributed by atoms with E-state index in [1.807, 2.05) is 31.2 Å². The molecule has 1 amide bonds. The van der Waals surface area contributed by atoms with Crippen molar-refractivity contribution in [3.63, 3.8) is 0 Å². The second-order valence-electron chi connectivity index (χ2n) is 3.87. The summed E-state index contributed by atoms with van der Waals surface area (Å²) in [5.41, 5.74) is 2.22. The molecule has 0 radical (unpaired) electrons. The maximum absolute atomic E-state index is 11.4. The van der Waals surface area contributed by atoms with Crippen LogP contribution >= 0.6 is 0 Å². The van der Waals surface area contributed by atoms with E-state index in [1.54, 1.807) is 0 Å². The van der Waals surface area contributed by atoms with Crippen molar-refractivity contribution in [2.45, 2.75) is 26.3 Å². The molecule has 0 aliphatic rings. The van der Waals surface area contributed by atoms with Crippen LogP contribution in [0.15, 0.2) is 24.3 Å². The number of carbonyl (C=O) groups excluding carboxylic acids is 1. The van der Waals surface area contributed by atoms with Crippen LogP contribution in [0.1, 0.15) is 24.0 Å². The molecule has 0 saturated heterocycles. The fraction of sp³-hybridized carbons (Fsp3) is 0.417. The van der Waals surface area contributed by atoms with Gasteiger partial charge in [0.05, 0.1) is 0 Å². The molecular formula is C12H16NO3S-. The van der Waals surface area contributed by atoms with E-state index in [2.05, 4.69) is 5.32 Å². The molecule has 0 spiro atoms. The van der Waals surface area contributed by atoms with E-state index in [0.717, 1.165) is 5.56 Å². The highest BCUT2D eigenvalue weighted by atomic mass is 32.2. The highest BCUT2D eigenvalue weighted by Gasteiger charge is 2.01. The smallest absolute Gasteiger partial charge is 0.220 e. The summed E-state index contributed by atoms with van der Waals surface area (Å²) >= 11 is -2.05. The zero-order chi connectivity index (χ0) is 12.7. The fourth-order valence-corrected chi connectivity index (χ4v) is 1.73. The van der Waals surface area contributed by atoms with Crippen LogP contribution in [-0.2, 0) is 22.4 Å². The minimum atomic E-state index is -2.05. The van der Waals surface area contributed by atoms with Gasteiger partial charge in [0, 0.05) is 18.7 Å². The molecule has 0 aliphatic carbocycles. The summed E-state index contributed by atoms with van der Waals surface area (Å²) in [7, 11) is 0. The minimum absolute atomic E-state index is 0.0396. The van der Waals surface area contributed by atoms with Crippen molar-refractivity contribution in [3.8, 4) is 0 Å². The molecule has 5 heteroatoms. The number of hydrogen-bond acceptors (Lipinski definition) is 3. The Labute approximate surface area is 104 Å². The van der Waals surface area contributed by atoms with Crippen LogP contribution in [-0.4, -0.2) is 20.4 Å². The number of aryl methyl sites for hydroxylation is 1. The Hall–Kier alpha value is -1.20. The molecule has 1 N–H and O–H groups in total. The Balaban J connectivity index is 2.23. The summed E-state index contributed by atoms with van der Waals surface area (Å²) in [6.45, 7) is 2.49. The highest BCUT2D eigenvalue weighted by Crippen LogP contribution is 2.02. The van der Waals surface area contributed by atoms with Crippen LogP contribution in [0.2, 0.25) is 0 Å². The first kappa shape index (κ1) is 13.9. The summed E-state index contributed by atoms with van der Waals surface area (Å²) < 4.78 is 20.5. The van der Waals surface area contributed by atoms with E-state index in [9.17, 15) is 13.6 Å². The van der Waals surface area contributed by atoms with Crippen molar-refractivity contribution in [2.24, 2.45) is 0 Å². The van der Waals surface area contributed by atoms with Crippen LogP contribution in [0.5, 0.6) is 0 Å². The zero-order valence-corrected chi connectivity index (χ0v) is 10.6. The third-order valence-electron chi connectivity index (χ3n) is 2.33. The summed E-state index contributed by atoms with van der Waals surface area (Å²) in [6, 6.07) is 7.90. The predicted molar refractivity (Wildman–Crippen MR) is 66.0 cm³/mol. The van der Waals surface area contributed by atoms with Gasteiger partial charge < -0.3 is 9.87 Å². The minimum Gasteiger partial charge on any atom is -0.772 e. The number of carbonyl (C=O) groups is 1. The summed E-state index contributed by atoms with van der Waals surface area (Å²) in [5, 5.41) is 2.75. The van der Waals surface area contributed by atoms with Gasteiger partial charge in [-0.15, -0.1) is 0 Å². The highest BCUT2D eigenvalue weighted by molar-refractivity contribution is 7.79. The van der Waals surface area contributed by atoms with Gasteiger partial charge in [-0.2, -0.15) is 0 Å². The largest absolute Gasteiger partial charge is 0.772 e. The monoisotopic (exact) mass is 254 g/mol. The fourth-order valence-electron chi connectivity index (χ4n) is 1.35. The summed E-state index contributed by atoms with van der Waals surface area (Å²) in [6.07, 6.45) is 0.621. The summed E-state index contributed by atoms with van der Waals surface area (Å²) in [4.78, 5) is 11.4. The van der Waals surface area contributed by atoms with Gasteiger partial charge in [0.2, 0.25) is 5.91 Å². The van der Waals surface area contributed by atoms with E-state index in [1.165, 1.54) is 5.56 Å². The van der Waals surface area contributed by atoms with Gasteiger partial charge in [-0.1, -0.05) is 40.9 Å². The number of rotatable bonds is 6. The van der Waals surface area contributed by atoms with Crippen LogP contribution in [0.3, 0.4) is 0 Å². The first-order valence-electron chi connectivity index (χ1n) is 5.46. The van der Waals surface area contributed by atoms with Gasteiger partial charge in [-0.25, -0.2) is 0 Å². The van der Waals surface area contributed by atoms with Gasteiger partial charge in [0.1, 0.15) is 0 Å². The lowest BCUT2D eigenvalue weighted by Gasteiger charge is -2.06. The molecule has 17 heavy (non-hydrogen) atoms. The molecule has 1 unspecified atom stereocenters. The van der Waals surface area contributed by atoms with Gasteiger partial charge in [0.15, 0.2) is 0 Å². The number of benzene rings is 1. The third kappa shape index (κ3) is 6.19. The van der Waals surface area contributed by atoms with Crippen molar-refractivity contribution in [2.75, 3.05) is 5.75 Å². The van der Waals surface area contributed by atoms with Gasteiger partial charge >= 0.3 is 0 Å². The quantitative estimate of drug-likeness (QED) is 0.777. The Kier molecular flexibility index (Phi) is 5.86. The average Bonchev–Trinajstić information content (AvgIpc) is 2.28. The first-order chi connectivity index (χ1) is 8.08. The molecule has 4 nitrogen and oxygen atoms in total. The normalized spacial score (nSPS) is 12.1. The van der Waals surface area contributed by atoms with E-state index in [-0.39, 0.29) is 18.1 Å². The van der Waals surface area contributed by atoms with Crippen LogP contribution in [0, 0.1) is 6.92 Å². The van der Waals surface area contributed by atoms with Crippen molar-refractivity contribution >= 4 is 17.0 Å². The van der Waals surface area contributed by atoms with Crippen molar-refractivity contribution in [1.82, 2.24) is 5.32 Å². The molecule has 1 atom stereocenters. The van der Waals surface area contributed by atoms with Crippen LogP contribution in [0.25, 0.3) is 0 Å². The number of amides is 1. The molecule has 94 valence electrons. The van der Waals surface area contributed by atoms with Gasteiger partial charge in [0.25, 0.3) is 0 Å². The molecular weight excluding hydrogens is 238 g/mol. The third-order valence-corrected chi connectivity index (χ3v) is 2.95. The molecule has 0 bridgehead atoms. The zero-order valence-electron chi connectivity index (χ0n) is 9.77. The van der Waals surface area contributed by atoms with Crippen LogP contribution < -0.4 is 5.32 Å². The van der Waals surface area contributed by atoms with E-state index < -0.39 is 11.1 Å². The lowest BCUT2D eigenvalue weighted by atomic mass is 10.1. The summed E-state index contributed by atoms with van der Waals surface area (Å²) in [5.74, 6) is -0.0752. The van der Waals surface area contributed by atoms with E-state index in [4.69, 9.17) is 0 Å². The predicted octanol–water partition coefficient (Wildman–Crippen LogP) is 1.27. The van der Waals surface area contributed by atoms with Crippen molar-refractivity contribution < 1.29 is 13.6 Å². The SMILES string of the molecule is Cc1ccc(CNC(=O)CCCS(=O)[O-])cc1. The molecule has 0 aliphatic heterocycles. The average molecular weight is 254 g/mol. The molecule has 0 heterocycles. The second-order valence-corrected chi connectivity index (χ2v) is 4.89. The Morgan fingerprint density at radius 1 is 1.35 bits per heavy atom. The Morgan fingerprint density at radius 2 is 2.00 bits per heavy atom. The van der Waals surface area contributed by atoms with E-state index >= 15 is 0 Å². The number of hydrogen-bond donors (Lipinski definition) is 1. The van der Waals surface area contributed by atoms with Gasteiger partial charge in [-0.05, 0) is 18.9 Å². The second kappa shape index (κ2) is 7.19. The van der Waals surface area contributed by atoms with Crippen LogP contribution in [0.4, 0.5) is 0 Å².